The number of ether oxygens (including phenoxy) is 1. The number of rotatable bonds is 9. The van der Waals surface area contributed by atoms with Gasteiger partial charge in [-0.05, 0) is 42.7 Å². The Labute approximate surface area is 206 Å². The van der Waals surface area contributed by atoms with Crippen LogP contribution in [0.3, 0.4) is 0 Å². The van der Waals surface area contributed by atoms with Gasteiger partial charge < -0.3 is 19.3 Å². The normalized spacial score (nSPS) is 17.4. The van der Waals surface area contributed by atoms with E-state index in [0.717, 1.165) is 16.5 Å². The van der Waals surface area contributed by atoms with E-state index in [0.29, 0.717) is 37.4 Å². The van der Waals surface area contributed by atoms with Crippen LogP contribution in [-0.2, 0) is 16.1 Å². The Morgan fingerprint density at radius 2 is 1.97 bits per heavy atom. The summed E-state index contributed by atoms with van der Waals surface area (Å²) < 4.78 is 8.43. The summed E-state index contributed by atoms with van der Waals surface area (Å²) in [4.78, 5) is 31.9. The zero-order valence-electron chi connectivity index (χ0n) is 18.9. The molecule has 8 heteroatoms. The lowest BCUT2D eigenvalue weighted by Gasteiger charge is -2.25. The Morgan fingerprint density at radius 3 is 2.71 bits per heavy atom. The summed E-state index contributed by atoms with van der Waals surface area (Å²) in [5, 5.41) is 11.3. The van der Waals surface area contributed by atoms with Gasteiger partial charge in [-0.3, -0.25) is 9.59 Å². The van der Waals surface area contributed by atoms with Crippen molar-refractivity contribution in [2.24, 2.45) is 0 Å². The first kappa shape index (κ1) is 23.8. The summed E-state index contributed by atoms with van der Waals surface area (Å²) in [6, 6.07) is 13.7. The Bertz CT molecular complexity index is 1210. The Balaban J connectivity index is 1.72. The quantitative estimate of drug-likeness (QED) is 0.243. The minimum atomic E-state index is -0.694. The van der Waals surface area contributed by atoms with Crippen LogP contribution in [0.15, 0.2) is 77.3 Å². The van der Waals surface area contributed by atoms with Gasteiger partial charge in [0.1, 0.15) is 11.5 Å². The second-order valence-corrected chi connectivity index (χ2v) is 8.99. The van der Waals surface area contributed by atoms with Gasteiger partial charge in [0.15, 0.2) is 0 Å². The Morgan fingerprint density at radius 1 is 1.15 bits per heavy atom. The second-order valence-electron chi connectivity index (χ2n) is 8.08. The number of carbonyl (C=O) groups excluding carboxylic acids is 2. The highest BCUT2D eigenvalue weighted by molar-refractivity contribution is 9.10. The summed E-state index contributed by atoms with van der Waals surface area (Å²) in [6.07, 6.45) is 6.75. The number of carbonyl (C=O) groups is 2. The zero-order chi connectivity index (χ0) is 24.1. The molecule has 0 bridgehead atoms. The van der Waals surface area contributed by atoms with Crippen molar-refractivity contribution < 1.29 is 19.4 Å². The van der Waals surface area contributed by atoms with Gasteiger partial charge in [-0.25, -0.2) is 4.98 Å². The molecule has 2 heterocycles. The highest BCUT2D eigenvalue weighted by Gasteiger charge is 2.45. The summed E-state index contributed by atoms with van der Waals surface area (Å²) in [5.74, 6) is -0.914. The average Bonchev–Trinajstić information content (AvgIpc) is 3.45. The van der Waals surface area contributed by atoms with E-state index in [1.165, 1.54) is 0 Å². The highest BCUT2D eigenvalue weighted by Crippen LogP contribution is 2.40. The lowest BCUT2D eigenvalue weighted by atomic mass is 9.95. The molecule has 0 radical (unpaired) electrons. The van der Waals surface area contributed by atoms with Crippen molar-refractivity contribution in [2.75, 3.05) is 13.2 Å². The number of imidazole rings is 1. The van der Waals surface area contributed by atoms with Gasteiger partial charge in [0, 0.05) is 35.5 Å². The van der Waals surface area contributed by atoms with Crippen molar-refractivity contribution >= 4 is 33.4 Å². The van der Waals surface area contributed by atoms with Gasteiger partial charge in [0.25, 0.3) is 11.7 Å². The molecule has 0 aliphatic carbocycles. The molecular weight excluding hydrogens is 498 g/mol. The molecule has 34 heavy (non-hydrogen) atoms. The van der Waals surface area contributed by atoms with Gasteiger partial charge in [0.2, 0.25) is 0 Å². The number of aromatic nitrogens is 2. The van der Waals surface area contributed by atoms with E-state index in [9.17, 15) is 14.7 Å². The summed E-state index contributed by atoms with van der Waals surface area (Å²) in [6.45, 7) is 3.57. The lowest BCUT2D eigenvalue weighted by Crippen LogP contribution is -2.31. The number of amides is 1. The van der Waals surface area contributed by atoms with Gasteiger partial charge in [0.05, 0.1) is 24.5 Å². The number of ketones is 1. The van der Waals surface area contributed by atoms with Gasteiger partial charge in [-0.2, -0.15) is 0 Å². The van der Waals surface area contributed by atoms with Gasteiger partial charge in [-0.15, -0.1) is 0 Å². The molecule has 1 saturated heterocycles. The van der Waals surface area contributed by atoms with Crippen molar-refractivity contribution in [1.29, 1.82) is 0 Å². The van der Waals surface area contributed by atoms with Crippen LogP contribution < -0.4 is 4.74 Å². The van der Waals surface area contributed by atoms with Crippen molar-refractivity contribution in [3.63, 3.8) is 0 Å². The minimum absolute atomic E-state index is 0.0818. The SMILES string of the molecule is CCCOc1cccc(/C(O)=C2\C(=O)C(=O)N(CCCn3ccnc3)C2c2cccc(Br)c2)c1. The maximum atomic E-state index is 13.2. The third-order valence-electron chi connectivity index (χ3n) is 5.66. The van der Waals surface area contributed by atoms with Crippen molar-refractivity contribution in [2.45, 2.75) is 32.4 Å². The van der Waals surface area contributed by atoms with Crippen molar-refractivity contribution in [3.05, 3.63) is 88.4 Å². The molecule has 1 atom stereocenters. The summed E-state index contributed by atoms with van der Waals surface area (Å²) in [5.41, 5.74) is 1.26. The number of Topliss-reactive ketones (excluding diaryl/α,β-unsaturated/α-hetero) is 1. The van der Waals surface area contributed by atoms with E-state index in [1.54, 1.807) is 41.7 Å². The lowest BCUT2D eigenvalue weighted by molar-refractivity contribution is -0.139. The number of aliphatic hydroxyl groups is 1. The molecule has 0 saturated carbocycles. The molecule has 1 aliphatic heterocycles. The fraction of sp³-hybridized carbons (Fsp3) is 0.269. The molecule has 7 nitrogen and oxygen atoms in total. The van der Waals surface area contributed by atoms with Crippen LogP contribution >= 0.6 is 15.9 Å². The number of aliphatic hydroxyl groups excluding tert-OH is 1. The molecule has 3 aromatic rings. The largest absolute Gasteiger partial charge is 0.507 e. The second kappa shape index (κ2) is 10.7. The number of aryl methyl sites for hydroxylation is 1. The molecule has 176 valence electrons. The first-order chi connectivity index (χ1) is 16.5. The minimum Gasteiger partial charge on any atom is -0.507 e. The standard InChI is InChI=1S/C26H26BrN3O4/c1-2-14-34-21-9-4-7-19(16-21)24(31)22-23(18-6-3-8-20(27)15-18)30(26(33)25(22)32)12-5-11-29-13-10-28-17-29/h3-4,6-10,13,15-17,23,31H,2,5,11-12,14H2,1H3/b24-22+. The van der Waals surface area contributed by atoms with Crippen molar-refractivity contribution in [1.82, 2.24) is 14.5 Å². The number of hydrogen-bond acceptors (Lipinski definition) is 5. The maximum absolute atomic E-state index is 13.2. The number of halogens is 1. The smallest absolute Gasteiger partial charge is 0.295 e. The van der Waals surface area contributed by atoms with E-state index in [2.05, 4.69) is 20.9 Å². The van der Waals surface area contributed by atoms with Crippen LogP contribution in [0, 0.1) is 0 Å². The highest BCUT2D eigenvalue weighted by atomic mass is 79.9. The molecule has 1 aliphatic rings. The molecular formula is C26H26BrN3O4. The van der Waals surface area contributed by atoms with E-state index >= 15 is 0 Å². The molecule has 1 fully saturated rings. The van der Waals surface area contributed by atoms with Crippen LogP contribution in [0.4, 0.5) is 0 Å². The van der Waals surface area contributed by atoms with Crippen LogP contribution in [0.1, 0.15) is 36.9 Å². The third kappa shape index (κ3) is 5.07. The van der Waals surface area contributed by atoms with E-state index in [4.69, 9.17) is 4.74 Å². The summed E-state index contributed by atoms with van der Waals surface area (Å²) >= 11 is 3.48. The molecule has 1 unspecified atom stereocenters. The zero-order valence-corrected chi connectivity index (χ0v) is 20.4. The topological polar surface area (TPSA) is 84.7 Å². The predicted molar refractivity (Wildman–Crippen MR) is 132 cm³/mol. The van der Waals surface area contributed by atoms with Crippen molar-refractivity contribution in [3.8, 4) is 5.75 Å². The number of hydrogen-bond donors (Lipinski definition) is 1. The van der Waals surface area contributed by atoms with E-state index in [1.807, 2.05) is 42.0 Å². The number of nitrogens with zero attached hydrogens (tertiary/aromatic N) is 3. The molecule has 1 aromatic heterocycles. The van der Waals surface area contributed by atoms with Crippen LogP contribution in [0.25, 0.3) is 5.76 Å². The fourth-order valence-electron chi connectivity index (χ4n) is 4.09. The molecule has 1 N–H and O–H groups in total. The first-order valence-corrected chi connectivity index (χ1v) is 12.0. The first-order valence-electron chi connectivity index (χ1n) is 11.2. The van der Waals surface area contributed by atoms with E-state index in [-0.39, 0.29) is 11.3 Å². The van der Waals surface area contributed by atoms with Crippen LogP contribution in [0.2, 0.25) is 0 Å². The van der Waals surface area contributed by atoms with Crippen LogP contribution in [0.5, 0.6) is 5.75 Å². The third-order valence-corrected chi connectivity index (χ3v) is 6.15. The predicted octanol–water partition coefficient (Wildman–Crippen LogP) is 4.95. The average molecular weight is 524 g/mol. The molecule has 4 rings (SSSR count). The Kier molecular flexibility index (Phi) is 7.47. The summed E-state index contributed by atoms with van der Waals surface area (Å²) in [7, 11) is 0. The molecule has 1 amide bonds. The van der Waals surface area contributed by atoms with E-state index < -0.39 is 17.7 Å². The number of benzene rings is 2. The number of likely N-dealkylation sites (tertiary alicyclic amines) is 1. The molecule has 2 aromatic carbocycles. The monoisotopic (exact) mass is 523 g/mol. The van der Waals surface area contributed by atoms with Gasteiger partial charge in [-0.1, -0.05) is 47.1 Å². The Hall–Kier alpha value is -3.39. The maximum Gasteiger partial charge on any atom is 0.295 e. The van der Waals surface area contributed by atoms with Gasteiger partial charge >= 0.3 is 0 Å². The molecule has 0 spiro atoms. The fourth-order valence-corrected chi connectivity index (χ4v) is 4.50. The van der Waals surface area contributed by atoms with Crippen LogP contribution in [-0.4, -0.2) is 44.4 Å².